The Labute approximate surface area is 123 Å². The minimum Gasteiger partial charge on any atom is -0.337 e. The summed E-state index contributed by atoms with van der Waals surface area (Å²) in [4.78, 5) is 25.2. The Morgan fingerprint density at radius 3 is 2.90 bits per heavy atom. The molecule has 2 aliphatic rings. The lowest BCUT2D eigenvalue weighted by Gasteiger charge is -2.47. The van der Waals surface area contributed by atoms with Gasteiger partial charge in [0.25, 0.3) is 5.91 Å². The molecule has 0 bridgehead atoms. The highest BCUT2D eigenvalue weighted by molar-refractivity contribution is 6.28. The van der Waals surface area contributed by atoms with E-state index in [1.54, 1.807) is 18.1 Å². The summed E-state index contributed by atoms with van der Waals surface area (Å²) in [5.41, 5.74) is 0.295. The SMILES string of the molecule is CCC1CCC2(CC)C(=O)N(C)c3cnc(Cl)nc3N12. The van der Waals surface area contributed by atoms with Crippen molar-refractivity contribution in [1.29, 1.82) is 0 Å². The second-order valence-corrected chi connectivity index (χ2v) is 5.91. The van der Waals surface area contributed by atoms with Crippen molar-refractivity contribution < 1.29 is 4.79 Å². The van der Waals surface area contributed by atoms with E-state index < -0.39 is 5.54 Å². The highest BCUT2D eigenvalue weighted by atomic mass is 35.5. The molecule has 0 N–H and O–H groups in total. The fourth-order valence-electron chi connectivity index (χ4n) is 3.66. The number of rotatable bonds is 2. The van der Waals surface area contributed by atoms with Crippen LogP contribution >= 0.6 is 11.6 Å². The molecular formula is C14H19ClN4O. The van der Waals surface area contributed by atoms with Crippen LogP contribution in [-0.4, -0.2) is 34.5 Å². The Morgan fingerprint density at radius 1 is 1.50 bits per heavy atom. The van der Waals surface area contributed by atoms with Crippen LogP contribution in [0, 0.1) is 0 Å². The second kappa shape index (κ2) is 4.58. The van der Waals surface area contributed by atoms with E-state index in [2.05, 4.69) is 28.7 Å². The Hall–Kier alpha value is -1.36. The maximum atomic E-state index is 12.9. The van der Waals surface area contributed by atoms with Gasteiger partial charge in [-0.1, -0.05) is 13.8 Å². The third kappa shape index (κ3) is 1.59. The zero-order chi connectivity index (χ0) is 14.5. The van der Waals surface area contributed by atoms with E-state index in [0.717, 1.165) is 37.2 Å². The Bertz CT molecular complexity index is 564. The van der Waals surface area contributed by atoms with Crippen molar-refractivity contribution in [2.75, 3.05) is 16.8 Å². The van der Waals surface area contributed by atoms with E-state index in [0.29, 0.717) is 6.04 Å². The van der Waals surface area contributed by atoms with E-state index in [4.69, 9.17) is 11.6 Å². The lowest BCUT2D eigenvalue weighted by atomic mass is 9.89. The first-order valence-electron chi connectivity index (χ1n) is 7.15. The normalized spacial score (nSPS) is 28.6. The molecular weight excluding hydrogens is 276 g/mol. The average molecular weight is 295 g/mol. The summed E-state index contributed by atoms with van der Waals surface area (Å²) >= 11 is 5.98. The third-order valence-electron chi connectivity index (χ3n) is 4.79. The van der Waals surface area contributed by atoms with Crippen LogP contribution < -0.4 is 9.80 Å². The van der Waals surface area contributed by atoms with Crippen molar-refractivity contribution in [1.82, 2.24) is 9.97 Å². The number of halogens is 1. The van der Waals surface area contributed by atoms with Gasteiger partial charge in [0.15, 0.2) is 5.82 Å². The van der Waals surface area contributed by atoms with Gasteiger partial charge >= 0.3 is 0 Å². The van der Waals surface area contributed by atoms with Crippen molar-refractivity contribution in [3.63, 3.8) is 0 Å². The number of amides is 1. The van der Waals surface area contributed by atoms with Gasteiger partial charge in [0.05, 0.1) is 6.20 Å². The monoisotopic (exact) mass is 294 g/mol. The second-order valence-electron chi connectivity index (χ2n) is 5.57. The molecule has 2 atom stereocenters. The third-order valence-corrected chi connectivity index (χ3v) is 4.97. The molecule has 3 rings (SSSR count). The van der Waals surface area contributed by atoms with Gasteiger partial charge in [-0.2, -0.15) is 4.98 Å². The van der Waals surface area contributed by atoms with Gasteiger partial charge in [-0.25, -0.2) is 4.98 Å². The van der Waals surface area contributed by atoms with Crippen LogP contribution in [-0.2, 0) is 4.79 Å². The molecule has 1 aromatic heterocycles. The van der Waals surface area contributed by atoms with E-state index in [9.17, 15) is 4.79 Å². The van der Waals surface area contributed by atoms with Gasteiger partial charge in [-0.15, -0.1) is 0 Å². The van der Waals surface area contributed by atoms with Crippen molar-refractivity contribution in [2.45, 2.75) is 51.1 Å². The Morgan fingerprint density at radius 2 is 2.25 bits per heavy atom. The summed E-state index contributed by atoms with van der Waals surface area (Å²) in [5, 5.41) is 0.234. The van der Waals surface area contributed by atoms with Crippen molar-refractivity contribution in [3.05, 3.63) is 11.5 Å². The number of fused-ring (bicyclic) bond motifs is 3. The number of likely N-dealkylation sites (N-methyl/N-ethyl adjacent to an activating group) is 1. The molecule has 0 saturated carbocycles. The number of carbonyl (C=O) groups is 1. The highest BCUT2D eigenvalue weighted by Crippen LogP contribution is 2.48. The largest absolute Gasteiger partial charge is 0.337 e. The zero-order valence-electron chi connectivity index (χ0n) is 12.1. The smallest absolute Gasteiger partial charge is 0.252 e. The van der Waals surface area contributed by atoms with Crippen LogP contribution in [0.25, 0.3) is 0 Å². The van der Waals surface area contributed by atoms with E-state index in [1.165, 1.54) is 0 Å². The topological polar surface area (TPSA) is 49.3 Å². The summed E-state index contributed by atoms with van der Waals surface area (Å²) in [5.74, 6) is 0.952. The van der Waals surface area contributed by atoms with Crippen LogP contribution in [0.4, 0.5) is 11.5 Å². The summed E-state index contributed by atoms with van der Waals surface area (Å²) in [6.07, 6.45) is 5.33. The average Bonchev–Trinajstić information content (AvgIpc) is 2.84. The Kier molecular flexibility index (Phi) is 3.12. The molecule has 0 spiro atoms. The molecule has 2 unspecified atom stereocenters. The number of hydrogen-bond acceptors (Lipinski definition) is 4. The standard InChI is InChI=1S/C14H19ClN4O/c1-4-9-6-7-14(5-2)12(20)18(3)10-8-16-13(15)17-11(10)19(9)14/h8-9H,4-7H2,1-3H3. The molecule has 0 radical (unpaired) electrons. The predicted octanol–water partition coefficient (Wildman–Crippen LogP) is 2.63. The first-order valence-corrected chi connectivity index (χ1v) is 7.53. The number of carbonyl (C=O) groups excluding carboxylic acids is 1. The molecule has 0 aromatic carbocycles. The van der Waals surface area contributed by atoms with Gasteiger partial charge in [-0.3, -0.25) is 4.79 Å². The molecule has 2 aliphatic heterocycles. The molecule has 5 nitrogen and oxygen atoms in total. The van der Waals surface area contributed by atoms with E-state index in [-0.39, 0.29) is 11.2 Å². The molecule has 3 heterocycles. The fourth-order valence-corrected chi connectivity index (χ4v) is 3.79. The quantitative estimate of drug-likeness (QED) is 0.787. The van der Waals surface area contributed by atoms with Crippen molar-refractivity contribution in [3.8, 4) is 0 Å². The number of anilines is 2. The number of nitrogens with zero attached hydrogens (tertiary/aromatic N) is 4. The van der Waals surface area contributed by atoms with Gasteiger partial charge in [0.1, 0.15) is 11.2 Å². The molecule has 1 amide bonds. The molecule has 6 heteroatoms. The van der Waals surface area contributed by atoms with Crippen LogP contribution in [0.15, 0.2) is 6.20 Å². The van der Waals surface area contributed by atoms with E-state index >= 15 is 0 Å². The predicted molar refractivity (Wildman–Crippen MR) is 79.3 cm³/mol. The van der Waals surface area contributed by atoms with Crippen molar-refractivity contribution in [2.24, 2.45) is 0 Å². The minimum atomic E-state index is -0.458. The zero-order valence-corrected chi connectivity index (χ0v) is 12.8. The van der Waals surface area contributed by atoms with Crippen LogP contribution in [0.5, 0.6) is 0 Å². The molecule has 108 valence electrons. The molecule has 20 heavy (non-hydrogen) atoms. The Balaban J connectivity index is 2.23. The maximum Gasteiger partial charge on any atom is 0.252 e. The molecule has 1 aromatic rings. The van der Waals surface area contributed by atoms with Gasteiger partial charge in [0.2, 0.25) is 5.28 Å². The van der Waals surface area contributed by atoms with Crippen LogP contribution in [0.1, 0.15) is 39.5 Å². The van der Waals surface area contributed by atoms with Crippen molar-refractivity contribution >= 4 is 29.0 Å². The molecule has 1 fully saturated rings. The first-order chi connectivity index (χ1) is 9.55. The van der Waals surface area contributed by atoms with Gasteiger partial charge in [-0.05, 0) is 37.3 Å². The summed E-state index contributed by atoms with van der Waals surface area (Å²) < 4.78 is 0. The molecule has 0 aliphatic carbocycles. The number of aromatic nitrogens is 2. The highest BCUT2D eigenvalue weighted by Gasteiger charge is 2.55. The summed E-state index contributed by atoms with van der Waals surface area (Å²) in [6, 6.07) is 0.345. The van der Waals surface area contributed by atoms with Crippen LogP contribution in [0.2, 0.25) is 5.28 Å². The minimum absolute atomic E-state index is 0.148. The summed E-state index contributed by atoms with van der Waals surface area (Å²) in [7, 11) is 1.80. The lowest BCUT2D eigenvalue weighted by Crippen LogP contribution is -2.61. The first kappa shape index (κ1) is 13.6. The van der Waals surface area contributed by atoms with Gasteiger partial charge in [0, 0.05) is 13.1 Å². The summed E-state index contributed by atoms with van der Waals surface area (Å²) in [6.45, 7) is 4.23. The van der Waals surface area contributed by atoms with E-state index in [1.807, 2.05) is 0 Å². The lowest BCUT2D eigenvalue weighted by molar-refractivity contribution is -0.123. The number of hydrogen-bond donors (Lipinski definition) is 0. The maximum absolute atomic E-state index is 12.9. The fraction of sp³-hybridized carbons (Fsp3) is 0.643. The van der Waals surface area contributed by atoms with Crippen LogP contribution in [0.3, 0.4) is 0 Å². The molecule has 1 saturated heterocycles. The van der Waals surface area contributed by atoms with Gasteiger partial charge < -0.3 is 9.80 Å².